The summed E-state index contributed by atoms with van der Waals surface area (Å²) in [5.74, 6) is 0.0812. The molecule has 3 heterocycles. The van der Waals surface area contributed by atoms with Gasteiger partial charge in [0.2, 0.25) is 0 Å². The predicted molar refractivity (Wildman–Crippen MR) is 175 cm³/mol. The van der Waals surface area contributed by atoms with Gasteiger partial charge < -0.3 is 14.0 Å². The van der Waals surface area contributed by atoms with Gasteiger partial charge in [-0.2, -0.15) is 5.26 Å². The molecular weight excluding hydrogens is 584 g/mol. The van der Waals surface area contributed by atoms with E-state index in [2.05, 4.69) is 16.7 Å². The highest BCUT2D eigenvalue weighted by Crippen LogP contribution is 2.36. The number of para-hydroxylation sites is 2. The van der Waals surface area contributed by atoms with Crippen LogP contribution < -0.4 is 19.6 Å². The number of carbonyl (C=O) groups excluding carboxylic acids is 1. The highest BCUT2D eigenvalue weighted by atomic mass is 32.1. The summed E-state index contributed by atoms with van der Waals surface area (Å²) in [5, 5.41) is 10.2. The van der Waals surface area contributed by atoms with Crippen molar-refractivity contribution < 1.29 is 14.3 Å². The maximum absolute atomic E-state index is 14.3. The van der Waals surface area contributed by atoms with Crippen LogP contribution in [0, 0.1) is 11.3 Å². The Labute approximate surface area is 264 Å². The first-order valence-electron chi connectivity index (χ1n) is 14.8. The normalized spacial score (nSPS) is 14.8. The van der Waals surface area contributed by atoms with Crippen molar-refractivity contribution >= 4 is 34.3 Å². The van der Waals surface area contributed by atoms with Crippen molar-refractivity contribution in [1.82, 2.24) is 9.13 Å². The van der Waals surface area contributed by atoms with Gasteiger partial charge in [0.1, 0.15) is 11.8 Å². The van der Waals surface area contributed by atoms with Crippen molar-refractivity contribution in [2.45, 2.75) is 46.4 Å². The zero-order valence-corrected chi connectivity index (χ0v) is 26.3. The molecular formula is C36H32N4O4S. The van der Waals surface area contributed by atoms with Crippen LogP contribution in [0.2, 0.25) is 0 Å². The molecule has 6 rings (SSSR count). The summed E-state index contributed by atoms with van der Waals surface area (Å²) in [6, 6.07) is 24.5. The zero-order valence-electron chi connectivity index (χ0n) is 25.5. The fourth-order valence-electron chi connectivity index (χ4n) is 5.70. The Bertz CT molecular complexity index is 2180. The number of hydrogen-bond donors (Lipinski definition) is 0. The molecule has 1 aliphatic heterocycles. The number of allylic oxidation sites excluding steroid dienone is 1. The molecule has 0 fully saturated rings. The number of hydrogen-bond acceptors (Lipinski definition) is 7. The molecule has 0 amide bonds. The first-order valence-corrected chi connectivity index (χ1v) is 15.6. The summed E-state index contributed by atoms with van der Waals surface area (Å²) in [7, 11) is 0. The van der Waals surface area contributed by atoms with Gasteiger partial charge in [-0.05, 0) is 63.6 Å². The van der Waals surface area contributed by atoms with Crippen LogP contribution in [-0.4, -0.2) is 27.8 Å². The maximum Gasteiger partial charge on any atom is 0.338 e. The molecule has 1 aliphatic rings. The van der Waals surface area contributed by atoms with Crippen LogP contribution in [0.3, 0.4) is 0 Å². The Morgan fingerprint density at radius 3 is 2.56 bits per heavy atom. The smallest absolute Gasteiger partial charge is 0.338 e. The number of nitrogens with zero attached hydrogens (tertiary/aromatic N) is 4. The van der Waals surface area contributed by atoms with Gasteiger partial charge in [0, 0.05) is 34.8 Å². The lowest BCUT2D eigenvalue weighted by Crippen LogP contribution is -2.40. The number of rotatable bonds is 8. The molecule has 2 aromatic heterocycles. The summed E-state index contributed by atoms with van der Waals surface area (Å²) in [6.07, 6.45) is 3.83. The largest absolute Gasteiger partial charge is 0.491 e. The van der Waals surface area contributed by atoms with Crippen LogP contribution in [-0.2, 0) is 16.1 Å². The molecule has 0 bridgehead atoms. The highest BCUT2D eigenvalue weighted by Gasteiger charge is 2.35. The third kappa shape index (κ3) is 5.73. The van der Waals surface area contributed by atoms with E-state index in [4.69, 9.17) is 14.5 Å². The van der Waals surface area contributed by atoms with E-state index in [1.165, 1.54) is 11.3 Å². The monoisotopic (exact) mass is 616 g/mol. The average Bonchev–Trinajstić information content (AvgIpc) is 3.53. The van der Waals surface area contributed by atoms with E-state index in [0.29, 0.717) is 44.0 Å². The van der Waals surface area contributed by atoms with Gasteiger partial charge in [-0.25, -0.2) is 9.79 Å². The van der Waals surface area contributed by atoms with Gasteiger partial charge in [-0.1, -0.05) is 59.9 Å². The van der Waals surface area contributed by atoms with Crippen molar-refractivity contribution in [2.75, 3.05) is 6.61 Å². The summed E-state index contributed by atoms with van der Waals surface area (Å²) in [4.78, 5) is 32.9. The van der Waals surface area contributed by atoms with Crippen LogP contribution in [0.5, 0.6) is 5.75 Å². The van der Waals surface area contributed by atoms with Crippen LogP contribution in [0.4, 0.5) is 0 Å². The second-order valence-corrected chi connectivity index (χ2v) is 12.1. The molecule has 3 aromatic carbocycles. The van der Waals surface area contributed by atoms with Gasteiger partial charge in [0.25, 0.3) is 5.56 Å². The number of fused-ring (bicyclic) bond motifs is 2. The van der Waals surface area contributed by atoms with E-state index in [-0.39, 0.29) is 18.3 Å². The van der Waals surface area contributed by atoms with E-state index in [1.807, 2.05) is 92.9 Å². The number of nitriles is 1. The Hall–Kier alpha value is -5.20. The standard InChI is InChI=1S/C36H32N4O4S/c1-5-43-35(42)32-23(4)38-36-40(33(32)28-11-7-9-13-30(28)44-22(2)3)34(41)31(45-36)18-26-21-39(29-12-8-6-10-27(26)29)20-25-16-14-24(19-37)15-17-25/h6-18,21-22,33H,5,20H2,1-4H3/b31-18-/t33-/m1/s1. The lowest BCUT2D eigenvalue weighted by atomic mass is 9.95. The first kappa shape index (κ1) is 29.9. The Kier molecular flexibility index (Phi) is 8.24. The van der Waals surface area contributed by atoms with Gasteiger partial charge in [-0.3, -0.25) is 9.36 Å². The number of carbonyl (C=O) groups is 1. The predicted octanol–water partition coefficient (Wildman–Crippen LogP) is 5.46. The molecule has 0 radical (unpaired) electrons. The third-order valence-electron chi connectivity index (χ3n) is 7.64. The number of benzene rings is 3. The van der Waals surface area contributed by atoms with Crippen LogP contribution >= 0.6 is 11.3 Å². The molecule has 1 atom stereocenters. The second kappa shape index (κ2) is 12.4. The van der Waals surface area contributed by atoms with Crippen molar-refractivity contribution in [1.29, 1.82) is 5.26 Å². The number of ether oxygens (including phenoxy) is 2. The minimum absolute atomic E-state index is 0.111. The topological polar surface area (TPSA) is 98.6 Å². The highest BCUT2D eigenvalue weighted by molar-refractivity contribution is 7.07. The van der Waals surface area contributed by atoms with Gasteiger partial charge in [0.15, 0.2) is 4.80 Å². The Balaban J connectivity index is 1.51. The molecule has 0 saturated heterocycles. The minimum Gasteiger partial charge on any atom is -0.491 e. The molecule has 5 aromatic rings. The minimum atomic E-state index is -0.768. The molecule has 226 valence electrons. The average molecular weight is 617 g/mol. The SMILES string of the molecule is CCOC(=O)C1=C(C)N=c2s/c(=C\c3cn(Cc4ccc(C#N)cc4)c4ccccc34)c(=O)n2[C@@H]1c1ccccc1OC(C)C. The van der Waals surface area contributed by atoms with Crippen molar-refractivity contribution in [3.05, 3.63) is 132 Å². The number of thiazole rings is 1. The van der Waals surface area contributed by atoms with Gasteiger partial charge in [0.05, 0.1) is 40.1 Å². The maximum atomic E-state index is 14.3. The van der Waals surface area contributed by atoms with E-state index in [9.17, 15) is 14.9 Å². The van der Waals surface area contributed by atoms with Gasteiger partial charge >= 0.3 is 5.97 Å². The van der Waals surface area contributed by atoms with Crippen molar-refractivity contribution in [3.63, 3.8) is 0 Å². The molecule has 0 aliphatic carbocycles. The summed E-state index contributed by atoms with van der Waals surface area (Å²) in [5.41, 5.74) is 4.86. The quantitative estimate of drug-likeness (QED) is 0.216. The van der Waals surface area contributed by atoms with Crippen molar-refractivity contribution in [2.24, 2.45) is 4.99 Å². The Morgan fingerprint density at radius 1 is 1.09 bits per heavy atom. The molecule has 9 heteroatoms. The lowest BCUT2D eigenvalue weighted by molar-refractivity contribution is -0.139. The molecule has 45 heavy (non-hydrogen) atoms. The van der Waals surface area contributed by atoms with E-state index < -0.39 is 12.0 Å². The molecule has 0 N–H and O–H groups in total. The number of esters is 1. The summed E-state index contributed by atoms with van der Waals surface area (Å²) < 4.78 is 15.8. The first-order chi connectivity index (χ1) is 21.8. The van der Waals surface area contributed by atoms with Crippen molar-refractivity contribution in [3.8, 4) is 11.8 Å². The molecule has 0 unspecified atom stereocenters. The van der Waals surface area contributed by atoms with E-state index in [0.717, 1.165) is 22.0 Å². The van der Waals surface area contributed by atoms with E-state index >= 15 is 0 Å². The molecule has 0 spiro atoms. The molecule has 8 nitrogen and oxygen atoms in total. The fourth-order valence-corrected chi connectivity index (χ4v) is 6.73. The van der Waals surface area contributed by atoms with Gasteiger partial charge in [-0.15, -0.1) is 0 Å². The van der Waals surface area contributed by atoms with Crippen LogP contribution in [0.15, 0.2) is 100 Å². The van der Waals surface area contributed by atoms with Crippen LogP contribution in [0.25, 0.3) is 17.0 Å². The second-order valence-electron chi connectivity index (χ2n) is 11.0. The van der Waals surface area contributed by atoms with Crippen LogP contribution in [0.1, 0.15) is 56.0 Å². The Morgan fingerprint density at radius 2 is 1.82 bits per heavy atom. The van der Waals surface area contributed by atoms with E-state index in [1.54, 1.807) is 18.4 Å². The lowest BCUT2D eigenvalue weighted by Gasteiger charge is -2.26. The summed E-state index contributed by atoms with van der Waals surface area (Å²) >= 11 is 1.29. The zero-order chi connectivity index (χ0) is 31.7. The number of aromatic nitrogens is 2. The molecule has 0 saturated carbocycles. The summed E-state index contributed by atoms with van der Waals surface area (Å²) in [6.45, 7) is 8.21. The third-order valence-corrected chi connectivity index (χ3v) is 8.62. The fraction of sp³-hybridized carbons (Fsp3) is 0.222.